The van der Waals surface area contributed by atoms with Crippen LogP contribution in [-0.4, -0.2) is 52.6 Å². The first-order valence-electron chi connectivity index (χ1n) is 9.01. The second kappa shape index (κ2) is 8.72. The lowest BCUT2D eigenvalue weighted by Gasteiger charge is -2.27. The molecule has 0 unspecified atom stereocenters. The van der Waals surface area contributed by atoms with E-state index in [9.17, 15) is 13.2 Å². The zero-order valence-corrected chi connectivity index (χ0v) is 16.8. The van der Waals surface area contributed by atoms with E-state index in [2.05, 4.69) is 4.72 Å². The summed E-state index contributed by atoms with van der Waals surface area (Å²) < 4.78 is 38.7. The fourth-order valence-corrected chi connectivity index (χ4v) is 4.07. The standard InChI is InChI=1S/C20H24N2O5S/c1-15-7-8-17(13-18(15)20(23)22-9-11-27-12-10-22)28(24,25)21-14-16-5-3-4-6-19(16)26-2/h3-8,13,21H,9-12,14H2,1-2H3. The summed E-state index contributed by atoms with van der Waals surface area (Å²) in [4.78, 5) is 14.5. The van der Waals surface area contributed by atoms with Crippen LogP contribution in [0.5, 0.6) is 5.75 Å². The van der Waals surface area contributed by atoms with Crippen molar-refractivity contribution in [3.63, 3.8) is 0 Å². The SMILES string of the molecule is COc1ccccc1CNS(=O)(=O)c1ccc(C)c(C(=O)N2CCOCC2)c1. The Morgan fingerprint density at radius 1 is 1.18 bits per heavy atom. The first-order valence-corrected chi connectivity index (χ1v) is 10.5. The molecular formula is C20H24N2O5S. The molecule has 0 aromatic heterocycles. The molecule has 1 N–H and O–H groups in total. The van der Waals surface area contributed by atoms with E-state index in [1.807, 2.05) is 12.1 Å². The summed E-state index contributed by atoms with van der Waals surface area (Å²) in [6, 6.07) is 11.8. The molecule has 1 heterocycles. The monoisotopic (exact) mass is 404 g/mol. The fraction of sp³-hybridized carbons (Fsp3) is 0.350. The predicted octanol–water partition coefficient (Wildman–Crippen LogP) is 1.95. The third-order valence-electron chi connectivity index (χ3n) is 4.69. The van der Waals surface area contributed by atoms with Crippen LogP contribution in [0.15, 0.2) is 47.4 Å². The van der Waals surface area contributed by atoms with Crippen molar-refractivity contribution in [2.75, 3.05) is 33.4 Å². The molecule has 150 valence electrons. The van der Waals surface area contributed by atoms with Crippen LogP contribution < -0.4 is 9.46 Å². The van der Waals surface area contributed by atoms with Gasteiger partial charge in [-0.3, -0.25) is 4.79 Å². The number of hydrogen-bond donors (Lipinski definition) is 1. The highest BCUT2D eigenvalue weighted by atomic mass is 32.2. The van der Waals surface area contributed by atoms with Gasteiger partial charge in [-0.25, -0.2) is 13.1 Å². The van der Waals surface area contributed by atoms with E-state index < -0.39 is 10.0 Å². The third kappa shape index (κ3) is 4.52. The minimum atomic E-state index is -3.79. The summed E-state index contributed by atoms with van der Waals surface area (Å²) in [6.45, 7) is 3.87. The second-order valence-electron chi connectivity index (χ2n) is 6.52. The number of hydrogen-bond acceptors (Lipinski definition) is 5. The number of nitrogens with zero attached hydrogens (tertiary/aromatic N) is 1. The Balaban J connectivity index is 1.81. The lowest BCUT2D eigenvalue weighted by molar-refractivity contribution is 0.0302. The molecular weight excluding hydrogens is 380 g/mol. The number of aryl methyl sites for hydroxylation is 1. The number of para-hydroxylation sites is 1. The molecule has 3 rings (SSSR count). The molecule has 0 atom stereocenters. The van der Waals surface area contributed by atoms with Gasteiger partial charge in [-0.15, -0.1) is 0 Å². The molecule has 0 saturated carbocycles. The van der Waals surface area contributed by atoms with E-state index in [-0.39, 0.29) is 17.3 Å². The quantitative estimate of drug-likeness (QED) is 0.796. The van der Waals surface area contributed by atoms with Crippen LogP contribution in [0.2, 0.25) is 0 Å². The Bertz CT molecular complexity index is 953. The van der Waals surface area contributed by atoms with Gasteiger partial charge in [0.1, 0.15) is 5.75 Å². The summed E-state index contributed by atoms with van der Waals surface area (Å²) in [5.41, 5.74) is 1.85. The average molecular weight is 404 g/mol. The first-order chi connectivity index (χ1) is 13.4. The summed E-state index contributed by atoms with van der Waals surface area (Å²) >= 11 is 0. The van der Waals surface area contributed by atoms with Gasteiger partial charge in [0, 0.05) is 30.8 Å². The molecule has 0 bridgehead atoms. The van der Waals surface area contributed by atoms with E-state index >= 15 is 0 Å². The Kier molecular flexibility index (Phi) is 6.33. The van der Waals surface area contributed by atoms with Gasteiger partial charge < -0.3 is 14.4 Å². The molecule has 2 aromatic rings. The van der Waals surface area contributed by atoms with E-state index in [1.165, 1.54) is 19.2 Å². The van der Waals surface area contributed by atoms with Gasteiger partial charge in [-0.05, 0) is 30.7 Å². The molecule has 1 aliphatic rings. The number of rotatable bonds is 6. The van der Waals surface area contributed by atoms with Crippen LogP contribution in [0.25, 0.3) is 0 Å². The highest BCUT2D eigenvalue weighted by Crippen LogP contribution is 2.20. The van der Waals surface area contributed by atoms with Crippen molar-refractivity contribution >= 4 is 15.9 Å². The lowest BCUT2D eigenvalue weighted by atomic mass is 10.1. The van der Waals surface area contributed by atoms with Gasteiger partial charge in [0.05, 0.1) is 25.2 Å². The number of nitrogens with one attached hydrogen (secondary N) is 1. The summed E-state index contributed by atoms with van der Waals surface area (Å²) in [5.74, 6) is 0.430. The number of benzene rings is 2. The third-order valence-corrected chi connectivity index (χ3v) is 6.09. The Morgan fingerprint density at radius 3 is 2.61 bits per heavy atom. The number of sulfonamides is 1. The molecule has 8 heteroatoms. The van der Waals surface area contributed by atoms with Crippen molar-refractivity contribution < 1.29 is 22.7 Å². The fourth-order valence-electron chi connectivity index (χ4n) is 3.04. The van der Waals surface area contributed by atoms with Gasteiger partial charge in [-0.2, -0.15) is 0 Å². The molecule has 1 amide bonds. The Labute approximate surface area is 165 Å². The van der Waals surface area contributed by atoms with E-state index in [0.29, 0.717) is 37.6 Å². The van der Waals surface area contributed by atoms with Crippen LogP contribution >= 0.6 is 0 Å². The van der Waals surface area contributed by atoms with Crippen molar-refractivity contribution in [1.82, 2.24) is 9.62 Å². The molecule has 2 aromatic carbocycles. The number of ether oxygens (including phenoxy) is 2. The molecule has 28 heavy (non-hydrogen) atoms. The molecule has 0 radical (unpaired) electrons. The predicted molar refractivity (Wildman–Crippen MR) is 105 cm³/mol. The van der Waals surface area contributed by atoms with Gasteiger partial charge in [0.2, 0.25) is 10.0 Å². The first kappa shape index (κ1) is 20.3. The maximum absolute atomic E-state index is 12.8. The van der Waals surface area contributed by atoms with Gasteiger partial charge in [0.15, 0.2) is 0 Å². The normalized spacial score (nSPS) is 14.7. The zero-order valence-electron chi connectivity index (χ0n) is 16.0. The van der Waals surface area contributed by atoms with Gasteiger partial charge >= 0.3 is 0 Å². The Morgan fingerprint density at radius 2 is 1.89 bits per heavy atom. The minimum Gasteiger partial charge on any atom is -0.496 e. The van der Waals surface area contributed by atoms with Crippen molar-refractivity contribution in [3.05, 3.63) is 59.2 Å². The zero-order chi connectivity index (χ0) is 20.1. The Hall–Kier alpha value is -2.42. The second-order valence-corrected chi connectivity index (χ2v) is 8.28. The number of carbonyl (C=O) groups excluding carboxylic acids is 1. The molecule has 0 aliphatic carbocycles. The van der Waals surface area contributed by atoms with Crippen LogP contribution in [0.1, 0.15) is 21.5 Å². The summed E-state index contributed by atoms with van der Waals surface area (Å²) in [5, 5.41) is 0. The molecule has 0 spiro atoms. The van der Waals surface area contributed by atoms with E-state index in [0.717, 1.165) is 11.1 Å². The van der Waals surface area contributed by atoms with E-state index in [1.54, 1.807) is 30.0 Å². The smallest absolute Gasteiger partial charge is 0.254 e. The molecule has 1 saturated heterocycles. The van der Waals surface area contributed by atoms with Gasteiger partial charge in [0.25, 0.3) is 5.91 Å². The summed E-state index contributed by atoms with van der Waals surface area (Å²) in [7, 11) is -2.25. The van der Waals surface area contributed by atoms with Crippen LogP contribution in [0.4, 0.5) is 0 Å². The highest BCUT2D eigenvalue weighted by molar-refractivity contribution is 7.89. The number of methoxy groups -OCH3 is 1. The topological polar surface area (TPSA) is 84.9 Å². The maximum atomic E-state index is 12.8. The maximum Gasteiger partial charge on any atom is 0.254 e. The van der Waals surface area contributed by atoms with Crippen LogP contribution in [-0.2, 0) is 21.3 Å². The minimum absolute atomic E-state index is 0.0598. The van der Waals surface area contributed by atoms with Crippen molar-refractivity contribution in [3.8, 4) is 5.75 Å². The lowest BCUT2D eigenvalue weighted by Crippen LogP contribution is -2.41. The van der Waals surface area contributed by atoms with Gasteiger partial charge in [-0.1, -0.05) is 24.3 Å². The highest BCUT2D eigenvalue weighted by Gasteiger charge is 2.23. The van der Waals surface area contributed by atoms with Crippen LogP contribution in [0.3, 0.4) is 0 Å². The summed E-state index contributed by atoms with van der Waals surface area (Å²) in [6.07, 6.45) is 0. The number of carbonyl (C=O) groups is 1. The van der Waals surface area contributed by atoms with Crippen LogP contribution in [0, 0.1) is 6.92 Å². The molecule has 7 nitrogen and oxygen atoms in total. The molecule has 1 fully saturated rings. The largest absolute Gasteiger partial charge is 0.496 e. The van der Waals surface area contributed by atoms with Crippen molar-refractivity contribution in [2.45, 2.75) is 18.4 Å². The van der Waals surface area contributed by atoms with Crippen molar-refractivity contribution in [2.24, 2.45) is 0 Å². The number of morpholine rings is 1. The molecule has 1 aliphatic heterocycles. The van der Waals surface area contributed by atoms with Crippen molar-refractivity contribution in [1.29, 1.82) is 0 Å². The average Bonchev–Trinajstić information content (AvgIpc) is 2.73. The number of amides is 1. The van der Waals surface area contributed by atoms with E-state index in [4.69, 9.17) is 9.47 Å².